The van der Waals surface area contributed by atoms with E-state index in [4.69, 9.17) is 4.55 Å². The third-order valence-corrected chi connectivity index (χ3v) is 6.60. The van der Waals surface area contributed by atoms with Crippen LogP contribution < -0.4 is 11.2 Å². The Balaban J connectivity index is 1.59. The molecule has 2 N–H and O–H groups in total. The fraction of sp³-hybridized carbons (Fsp3) is 0.250. The lowest BCUT2D eigenvalue weighted by Gasteiger charge is -2.27. The first-order chi connectivity index (χ1) is 15.7. The molecule has 1 unspecified atom stereocenters. The van der Waals surface area contributed by atoms with Gasteiger partial charge in [0.1, 0.15) is 0 Å². The third kappa shape index (κ3) is 4.98. The Bertz CT molecular complexity index is 1450. The summed E-state index contributed by atoms with van der Waals surface area (Å²) in [7, 11) is -4.32. The van der Waals surface area contributed by atoms with Crippen LogP contribution in [0.3, 0.4) is 0 Å². The van der Waals surface area contributed by atoms with Gasteiger partial charge in [0.05, 0.1) is 23.0 Å². The minimum absolute atomic E-state index is 0.252. The van der Waals surface area contributed by atoms with Crippen LogP contribution in [0.25, 0.3) is 0 Å². The molecule has 0 aliphatic carbocycles. The van der Waals surface area contributed by atoms with Gasteiger partial charge in [-0.3, -0.25) is 18.8 Å². The number of H-pyrrole nitrogens is 1. The summed E-state index contributed by atoms with van der Waals surface area (Å²) in [5, 5.41) is 0. The Hall–Kier alpha value is -3.45. The number of aromatic amines is 1. The van der Waals surface area contributed by atoms with E-state index in [1.165, 1.54) is 24.3 Å². The predicted molar refractivity (Wildman–Crippen MR) is 124 cm³/mol. The van der Waals surface area contributed by atoms with E-state index in [-0.39, 0.29) is 10.5 Å². The summed E-state index contributed by atoms with van der Waals surface area (Å²) >= 11 is 0. The second kappa shape index (κ2) is 9.19. The average molecular weight is 466 g/mol. The van der Waals surface area contributed by atoms with Crippen molar-refractivity contribution in [3.8, 4) is 11.8 Å². The van der Waals surface area contributed by atoms with Crippen LogP contribution >= 0.6 is 0 Å². The van der Waals surface area contributed by atoms with Gasteiger partial charge in [-0.25, -0.2) is 4.79 Å². The van der Waals surface area contributed by atoms with Gasteiger partial charge in [0.2, 0.25) is 0 Å². The van der Waals surface area contributed by atoms with Crippen LogP contribution in [0.15, 0.2) is 69.1 Å². The van der Waals surface area contributed by atoms with Crippen molar-refractivity contribution in [2.75, 3.05) is 13.1 Å². The zero-order chi connectivity index (χ0) is 23.6. The summed E-state index contributed by atoms with van der Waals surface area (Å²) < 4.78 is 32.8. The van der Waals surface area contributed by atoms with E-state index in [9.17, 15) is 18.0 Å². The van der Waals surface area contributed by atoms with Crippen molar-refractivity contribution in [2.45, 2.75) is 30.8 Å². The van der Waals surface area contributed by atoms with Gasteiger partial charge < -0.3 is 4.98 Å². The number of hydrogen-bond acceptors (Lipinski definition) is 5. The number of hydrogen-bond donors (Lipinski definition) is 2. The molecule has 0 saturated heterocycles. The number of nitrogens with one attached hydrogen (secondary N) is 1. The molecule has 4 rings (SSSR count). The summed E-state index contributed by atoms with van der Waals surface area (Å²) in [4.78, 5) is 30.6. The van der Waals surface area contributed by atoms with Crippen molar-refractivity contribution in [3.05, 3.63) is 97.8 Å². The number of nitrogens with zero attached hydrogens (tertiary/aromatic N) is 2. The second-order valence-corrected chi connectivity index (χ2v) is 9.33. The Morgan fingerprint density at radius 1 is 1.09 bits per heavy atom. The minimum atomic E-state index is -4.32. The molecular weight excluding hydrogens is 442 g/mol. The van der Waals surface area contributed by atoms with Crippen molar-refractivity contribution in [2.24, 2.45) is 0 Å². The van der Waals surface area contributed by atoms with Crippen LogP contribution in [-0.2, 0) is 23.1 Å². The van der Waals surface area contributed by atoms with Crippen molar-refractivity contribution in [3.63, 3.8) is 0 Å². The van der Waals surface area contributed by atoms with Gasteiger partial charge in [-0.15, -0.1) is 0 Å². The van der Waals surface area contributed by atoms with Crippen LogP contribution in [0.2, 0.25) is 0 Å². The normalized spacial score (nSPS) is 14.7. The van der Waals surface area contributed by atoms with Crippen LogP contribution in [0.5, 0.6) is 0 Å². The maximum Gasteiger partial charge on any atom is 0.329 e. The van der Waals surface area contributed by atoms with Crippen molar-refractivity contribution >= 4 is 10.1 Å². The number of fused-ring (bicyclic) bond motifs is 1. The third-order valence-electron chi connectivity index (χ3n) is 5.73. The molecule has 2 aromatic carbocycles. The SMILES string of the molecule is CC(c1ccc(S(=O)(=O)O)cc1)n1c(=O)[nH]c2c(c1=O)CN(CC#Cc1ccccc1)CC2. The van der Waals surface area contributed by atoms with E-state index in [1.807, 2.05) is 30.3 Å². The van der Waals surface area contributed by atoms with Crippen LogP contribution in [0.1, 0.15) is 35.3 Å². The molecule has 0 fully saturated rings. The van der Waals surface area contributed by atoms with E-state index in [0.717, 1.165) is 10.1 Å². The molecule has 170 valence electrons. The van der Waals surface area contributed by atoms with Gasteiger partial charge in [-0.05, 0) is 36.8 Å². The standard InChI is InChI=1S/C24H23N3O5S/c1-17(19-9-11-20(12-10-19)33(30,31)32)27-23(28)21-16-26(15-13-22(21)25-24(27)29)14-5-8-18-6-3-2-4-7-18/h2-4,6-7,9-12,17H,13-16H2,1H3,(H,25,29)(H,30,31,32). The Labute approximate surface area is 191 Å². The molecule has 0 bridgehead atoms. The molecule has 3 aromatic rings. The maximum absolute atomic E-state index is 13.3. The summed E-state index contributed by atoms with van der Waals surface area (Å²) in [6.07, 6.45) is 0.547. The van der Waals surface area contributed by atoms with Gasteiger partial charge in [-0.1, -0.05) is 42.2 Å². The van der Waals surface area contributed by atoms with Crippen molar-refractivity contribution in [1.82, 2.24) is 14.5 Å². The minimum Gasteiger partial charge on any atom is -0.311 e. The quantitative estimate of drug-likeness (QED) is 0.449. The molecule has 33 heavy (non-hydrogen) atoms. The molecule has 0 spiro atoms. The fourth-order valence-corrected chi connectivity index (χ4v) is 4.39. The van der Waals surface area contributed by atoms with Crippen molar-refractivity contribution < 1.29 is 13.0 Å². The van der Waals surface area contributed by atoms with E-state index in [0.29, 0.717) is 42.9 Å². The maximum atomic E-state index is 13.3. The topological polar surface area (TPSA) is 112 Å². The molecule has 0 amide bonds. The Morgan fingerprint density at radius 2 is 1.79 bits per heavy atom. The smallest absolute Gasteiger partial charge is 0.311 e. The molecule has 9 heteroatoms. The van der Waals surface area contributed by atoms with Gasteiger partial charge in [0.25, 0.3) is 15.7 Å². The Morgan fingerprint density at radius 3 is 2.45 bits per heavy atom. The highest BCUT2D eigenvalue weighted by Crippen LogP contribution is 2.19. The number of benzene rings is 2. The number of aromatic nitrogens is 2. The highest BCUT2D eigenvalue weighted by atomic mass is 32.2. The lowest BCUT2D eigenvalue weighted by molar-refractivity contribution is 0.279. The molecule has 0 saturated carbocycles. The summed E-state index contributed by atoms with van der Waals surface area (Å²) in [6.45, 7) is 3.25. The summed E-state index contributed by atoms with van der Waals surface area (Å²) in [6, 6.07) is 14.5. The van der Waals surface area contributed by atoms with E-state index < -0.39 is 21.8 Å². The first kappa shape index (κ1) is 22.7. The van der Waals surface area contributed by atoms with Gasteiger partial charge >= 0.3 is 5.69 Å². The van der Waals surface area contributed by atoms with Crippen LogP contribution in [-0.4, -0.2) is 40.5 Å². The van der Waals surface area contributed by atoms with Crippen molar-refractivity contribution in [1.29, 1.82) is 0 Å². The van der Waals surface area contributed by atoms with E-state index in [2.05, 4.69) is 21.7 Å². The molecule has 1 aliphatic heterocycles. The first-order valence-electron chi connectivity index (χ1n) is 10.4. The summed E-state index contributed by atoms with van der Waals surface area (Å²) in [5.74, 6) is 6.25. The predicted octanol–water partition coefficient (Wildman–Crippen LogP) is 1.80. The highest BCUT2D eigenvalue weighted by Gasteiger charge is 2.24. The lowest BCUT2D eigenvalue weighted by Crippen LogP contribution is -2.45. The fourth-order valence-electron chi connectivity index (χ4n) is 3.91. The lowest BCUT2D eigenvalue weighted by atomic mass is 10.1. The van der Waals surface area contributed by atoms with E-state index in [1.54, 1.807) is 6.92 Å². The molecular formula is C24H23N3O5S. The second-order valence-electron chi connectivity index (χ2n) is 7.91. The van der Waals surface area contributed by atoms with Gasteiger partial charge in [0.15, 0.2) is 0 Å². The monoisotopic (exact) mass is 465 g/mol. The number of rotatable bonds is 4. The molecule has 8 nitrogen and oxygen atoms in total. The average Bonchev–Trinajstić information content (AvgIpc) is 2.79. The van der Waals surface area contributed by atoms with Crippen LogP contribution in [0, 0.1) is 11.8 Å². The highest BCUT2D eigenvalue weighted by molar-refractivity contribution is 7.85. The molecule has 2 heterocycles. The van der Waals surface area contributed by atoms with Gasteiger partial charge in [-0.2, -0.15) is 8.42 Å². The molecule has 1 aromatic heterocycles. The van der Waals surface area contributed by atoms with E-state index >= 15 is 0 Å². The van der Waals surface area contributed by atoms with Crippen LogP contribution in [0.4, 0.5) is 0 Å². The first-order valence-corrected chi connectivity index (χ1v) is 11.9. The van der Waals surface area contributed by atoms with Gasteiger partial charge in [0, 0.05) is 30.8 Å². The zero-order valence-corrected chi connectivity index (χ0v) is 18.8. The molecule has 1 atom stereocenters. The largest absolute Gasteiger partial charge is 0.329 e. The zero-order valence-electron chi connectivity index (χ0n) is 18.0. The molecule has 1 aliphatic rings. The molecule has 0 radical (unpaired) electrons. The Kier molecular flexibility index (Phi) is 6.33. The summed E-state index contributed by atoms with van der Waals surface area (Å²) in [5.41, 5.74) is 1.78.